The highest BCUT2D eigenvalue weighted by atomic mass is 19.1. The van der Waals surface area contributed by atoms with Crippen molar-refractivity contribution in [2.75, 3.05) is 13.7 Å². The summed E-state index contributed by atoms with van der Waals surface area (Å²) in [6, 6.07) is 14.3. The molecule has 0 bridgehead atoms. The van der Waals surface area contributed by atoms with Crippen molar-refractivity contribution in [3.8, 4) is 5.75 Å². The molecule has 1 unspecified atom stereocenters. The Balaban J connectivity index is 2.09. The number of hydrogen-bond acceptors (Lipinski definition) is 2. The van der Waals surface area contributed by atoms with E-state index in [-0.39, 0.29) is 18.3 Å². The van der Waals surface area contributed by atoms with Crippen molar-refractivity contribution in [2.24, 2.45) is 5.92 Å². The molecule has 2 aromatic rings. The second-order valence-corrected chi connectivity index (χ2v) is 4.90. The van der Waals surface area contributed by atoms with Gasteiger partial charge in [-0.1, -0.05) is 30.3 Å². The zero-order chi connectivity index (χ0) is 14.4. The maximum absolute atomic E-state index is 13.2. The van der Waals surface area contributed by atoms with Crippen molar-refractivity contribution < 1.29 is 14.2 Å². The molecule has 1 N–H and O–H groups in total. The van der Waals surface area contributed by atoms with Crippen molar-refractivity contribution >= 4 is 0 Å². The highest BCUT2D eigenvalue weighted by molar-refractivity contribution is 5.33. The molecule has 0 aliphatic carbocycles. The van der Waals surface area contributed by atoms with E-state index < -0.39 is 0 Å². The van der Waals surface area contributed by atoms with Gasteiger partial charge >= 0.3 is 0 Å². The summed E-state index contributed by atoms with van der Waals surface area (Å²) in [5, 5.41) is 9.55. The van der Waals surface area contributed by atoms with Gasteiger partial charge in [-0.25, -0.2) is 4.39 Å². The van der Waals surface area contributed by atoms with Crippen LogP contribution in [0.15, 0.2) is 48.5 Å². The standard InChI is InChI=1S/C17H19FO2/c1-20-17-8-3-2-6-15(17)10-14(12-19)9-13-5-4-7-16(18)11-13/h2-8,11,14,19H,9-10,12H2,1H3. The molecule has 0 aliphatic rings. The monoisotopic (exact) mass is 274 g/mol. The molecule has 20 heavy (non-hydrogen) atoms. The first kappa shape index (κ1) is 14.5. The van der Waals surface area contributed by atoms with Crippen molar-refractivity contribution in [3.63, 3.8) is 0 Å². The molecule has 0 aromatic heterocycles. The molecule has 0 radical (unpaired) electrons. The highest BCUT2D eigenvalue weighted by Gasteiger charge is 2.13. The number of methoxy groups -OCH3 is 1. The lowest BCUT2D eigenvalue weighted by molar-refractivity contribution is 0.224. The summed E-state index contributed by atoms with van der Waals surface area (Å²) in [6.07, 6.45) is 1.35. The molecule has 0 fully saturated rings. The van der Waals surface area contributed by atoms with Crippen molar-refractivity contribution in [1.29, 1.82) is 0 Å². The predicted molar refractivity (Wildman–Crippen MR) is 77.4 cm³/mol. The molecule has 0 saturated heterocycles. The van der Waals surface area contributed by atoms with Crippen LogP contribution in [0.1, 0.15) is 11.1 Å². The van der Waals surface area contributed by atoms with E-state index in [0.29, 0.717) is 12.8 Å². The summed E-state index contributed by atoms with van der Waals surface area (Å²) in [4.78, 5) is 0. The molecule has 2 rings (SSSR count). The van der Waals surface area contributed by atoms with Crippen LogP contribution in [0.2, 0.25) is 0 Å². The molecule has 2 nitrogen and oxygen atoms in total. The van der Waals surface area contributed by atoms with Gasteiger partial charge in [0.25, 0.3) is 0 Å². The number of halogens is 1. The first-order valence-corrected chi connectivity index (χ1v) is 6.70. The van der Waals surface area contributed by atoms with Crippen LogP contribution in [-0.4, -0.2) is 18.8 Å². The van der Waals surface area contributed by atoms with Crippen LogP contribution in [0.5, 0.6) is 5.75 Å². The van der Waals surface area contributed by atoms with Crippen molar-refractivity contribution in [1.82, 2.24) is 0 Å². The van der Waals surface area contributed by atoms with Crippen LogP contribution in [0, 0.1) is 11.7 Å². The third-order valence-electron chi connectivity index (χ3n) is 3.37. The lowest BCUT2D eigenvalue weighted by atomic mass is 9.93. The molecule has 0 aliphatic heterocycles. The molecule has 0 amide bonds. The lowest BCUT2D eigenvalue weighted by Gasteiger charge is -2.16. The molecule has 0 saturated carbocycles. The number of aliphatic hydroxyl groups is 1. The summed E-state index contributed by atoms with van der Waals surface area (Å²) in [5.74, 6) is 0.634. The molecular weight excluding hydrogens is 255 g/mol. The third-order valence-corrected chi connectivity index (χ3v) is 3.37. The van der Waals surface area contributed by atoms with Gasteiger partial charge < -0.3 is 9.84 Å². The van der Waals surface area contributed by atoms with Crippen LogP contribution >= 0.6 is 0 Å². The zero-order valence-electron chi connectivity index (χ0n) is 11.6. The fourth-order valence-electron chi connectivity index (χ4n) is 2.38. The molecular formula is C17H19FO2. The summed E-state index contributed by atoms with van der Waals surface area (Å²) in [6.45, 7) is 0.0640. The molecule has 0 heterocycles. The quantitative estimate of drug-likeness (QED) is 0.876. The van der Waals surface area contributed by atoms with Crippen molar-refractivity contribution in [2.45, 2.75) is 12.8 Å². The second kappa shape index (κ2) is 7.06. The molecule has 3 heteroatoms. The summed E-state index contributed by atoms with van der Waals surface area (Å²) >= 11 is 0. The van der Waals surface area contributed by atoms with E-state index in [1.54, 1.807) is 13.2 Å². The number of benzene rings is 2. The first-order valence-electron chi connectivity index (χ1n) is 6.70. The molecule has 0 spiro atoms. The van der Waals surface area contributed by atoms with Crippen LogP contribution in [0.3, 0.4) is 0 Å². The van der Waals surface area contributed by atoms with Crippen LogP contribution in [-0.2, 0) is 12.8 Å². The number of para-hydroxylation sites is 1. The Bertz CT molecular complexity index is 554. The summed E-state index contributed by atoms with van der Waals surface area (Å²) in [5.41, 5.74) is 1.96. The van der Waals surface area contributed by atoms with Gasteiger partial charge in [-0.15, -0.1) is 0 Å². The van der Waals surface area contributed by atoms with Gasteiger partial charge in [0.2, 0.25) is 0 Å². The summed E-state index contributed by atoms with van der Waals surface area (Å²) in [7, 11) is 1.64. The fraction of sp³-hybridized carbons (Fsp3) is 0.294. The highest BCUT2D eigenvalue weighted by Crippen LogP contribution is 2.22. The first-order chi connectivity index (χ1) is 9.72. The fourth-order valence-corrected chi connectivity index (χ4v) is 2.38. The SMILES string of the molecule is COc1ccccc1CC(CO)Cc1cccc(F)c1. The van der Waals surface area contributed by atoms with E-state index in [1.807, 2.05) is 30.3 Å². The minimum Gasteiger partial charge on any atom is -0.496 e. The smallest absolute Gasteiger partial charge is 0.123 e. The summed E-state index contributed by atoms with van der Waals surface area (Å²) < 4.78 is 18.5. The van der Waals surface area contributed by atoms with E-state index in [1.165, 1.54) is 12.1 Å². The molecule has 1 atom stereocenters. The third kappa shape index (κ3) is 3.81. The second-order valence-electron chi connectivity index (χ2n) is 4.90. The van der Waals surface area contributed by atoms with Gasteiger partial charge in [0.1, 0.15) is 11.6 Å². The van der Waals surface area contributed by atoms with E-state index in [4.69, 9.17) is 4.74 Å². The zero-order valence-corrected chi connectivity index (χ0v) is 11.6. The Morgan fingerprint density at radius 3 is 2.60 bits per heavy atom. The largest absolute Gasteiger partial charge is 0.496 e. The predicted octanol–water partition coefficient (Wildman–Crippen LogP) is 3.23. The minimum atomic E-state index is -0.239. The van der Waals surface area contributed by atoms with Crippen molar-refractivity contribution in [3.05, 3.63) is 65.5 Å². The van der Waals surface area contributed by atoms with Crippen LogP contribution in [0.4, 0.5) is 4.39 Å². The Morgan fingerprint density at radius 1 is 1.10 bits per heavy atom. The van der Waals surface area contributed by atoms with Gasteiger partial charge in [0.15, 0.2) is 0 Å². The van der Waals surface area contributed by atoms with Gasteiger partial charge in [0.05, 0.1) is 7.11 Å². The van der Waals surface area contributed by atoms with E-state index in [2.05, 4.69) is 0 Å². The van der Waals surface area contributed by atoms with E-state index in [0.717, 1.165) is 16.9 Å². The normalized spacial score (nSPS) is 12.2. The van der Waals surface area contributed by atoms with E-state index >= 15 is 0 Å². The van der Waals surface area contributed by atoms with Gasteiger partial charge in [0, 0.05) is 6.61 Å². The Labute approximate surface area is 118 Å². The number of aliphatic hydroxyl groups excluding tert-OH is 1. The number of hydrogen-bond donors (Lipinski definition) is 1. The van der Waals surface area contributed by atoms with Crippen LogP contribution in [0.25, 0.3) is 0 Å². The minimum absolute atomic E-state index is 0.0492. The maximum atomic E-state index is 13.2. The van der Waals surface area contributed by atoms with Gasteiger partial charge in [-0.3, -0.25) is 0 Å². The average Bonchev–Trinajstić information content (AvgIpc) is 2.47. The van der Waals surface area contributed by atoms with Gasteiger partial charge in [-0.05, 0) is 48.1 Å². The maximum Gasteiger partial charge on any atom is 0.123 e. The van der Waals surface area contributed by atoms with Gasteiger partial charge in [-0.2, -0.15) is 0 Å². The number of rotatable bonds is 6. The molecule has 2 aromatic carbocycles. The van der Waals surface area contributed by atoms with E-state index in [9.17, 15) is 9.50 Å². The Morgan fingerprint density at radius 2 is 1.90 bits per heavy atom. The Hall–Kier alpha value is -1.87. The number of ether oxygens (including phenoxy) is 1. The Kier molecular flexibility index (Phi) is 5.13. The topological polar surface area (TPSA) is 29.5 Å². The lowest BCUT2D eigenvalue weighted by Crippen LogP contribution is -2.13. The van der Waals surface area contributed by atoms with Crippen LogP contribution < -0.4 is 4.74 Å². The molecule has 106 valence electrons. The average molecular weight is 274 g/mol.